The molecule has 4 aromatic rings. The Bertz CT molecular complexity index is 1610. The fourth-order valence-corrected chi connectivity index (χ4v) is 4.64. The van der Waals surface area contributed by atoms with Crippen LogP contribution < -0.4 is 10.2 Å². The number of rotatable bonds is 5. The molecule has 0 saturated heterocycles. The van der Waals surface area contributed by atoms with E-state index in [4.69, 9.17) is 0 Å². The van der Waals surface area contributed by atoms with Crippen LogP contribution in [0.4, 0.5) is 18.9 Å². The molecule has 2 aromatic carbocycles. The van der Waals surface area contributed by atoms with Gasteiger partial charge < -0.3 is 15.3 Å². The maximum absolute atomic E-state index is 13.5. The van der Waals surface area contributed by atoms with Gasteiger partial charge >= 0.3 is 6.18 Å². The Morgan fingerprint density at radius 1 is 1.15 bits per heavy atom. The highest BCUT2D eigenvalue weighted by Crippen LogP contribution is 2.33. The third-order valence-electron chi connectivity index (χ3n) is 6.69. The van der Waals surface area contributed by atoms with E-state index in [1.54, 1.807) is 30.9 Å². The van der Waals surface area contributed by atoms with Crippen molar-refractivity contribution in [3.05, 3.63) is 70.7 Å². The largest absolute Gasteiger partial charge is 0.416 e. The van der Waals surface area contributed by atoms with Crippen LogP contribution in [0.15, 0.2) is 42.6 Å². The van der Waals surface area contributed by atoms with Crippen molar-refractivity contribution in [2.45, 2.75) is 39.5 Å². The Hall–Kier alpha value is -4.32. The standard InChI is InChI=1S/C27H25F3N6O3/c1-14-10-17(24-31-12-18-11-19(27(28,29)30)5-6-20(18)33-24)4-7-21(14)35-8-9-36-23(26(35)39)16(3)22(34-36)25(38)32-15(2)13-37/h4-7,10-12,15,37H,8-9,13H2,1-3H3,(H,32,38)/t15-/m1/s1. The highest BCUT2D eigenvalue weighted by molar-refractivity contribution is 6.09. The molecular formula is C27H25F3N6O3. The molecule has 0 spiro atoms. The lowest BCUT2D eigenvalue weighted by Gasteiger charge is -2.29. The number of carbonyl (C=O) groups excluding carboxylic acids is 2. The van der Waals surface area contributed by atoms with E-state index in [0.29, 0.717) is 46.9 Å². The molecular weight excluding hydrogens is 513 g/mol. The normalized spacial score (nSPS) is 14.4. The number of hydrogen-bond donors (Lipinski definition) is 2. The van der Waals surface area contributed by atoms with Crippen LogP contribution in [0.25, 0.3) is 22.3 Å². The molecule has 202 valence electrons. The lowest BCUT2D eigenvalue weighted by Crippen LogP contribution is -2.41. The van der Waals surface area contributed by atoms with Gasteiger partial charge in [-0.1, -0.05) is 0 Å². The number of nitrogens with zero attached hydrogens (tertiary/aromatic N) is 5. The summed E-state index contributed by atoms with van der Waals surface area (Å²) in [6.07, 6.45) is -3.09. The van der Waals surface area contributed by atoms with Crippen LogP contribution in [0.3, 0.4) is 0 Å². The summed E-state index contributed by atoms with van der Waals surface area (Å²) >= 11 is 0. The Morgan fingerprint density at radius 3 is 2.62 bits per heavy atom. The minimum Gasteiger partial charge on any atom is -0.394 e. The second-order valence-corrected chi connectivity index (χ2v) is 9.53. The highest BCUT2D eigenvalue weighted by atomic mass is 19.4. The molecule has 0 radical (unpaired) electrons. The van der Waals surface area contributed by atoms with Crippen LogP contribution in [0.5, 0.6) is 0 Å². The van der Waals surface area contributed by atoms with Gasteiger partial charge in [-0.15, -0.1) is 0 Å². The fraction of sp³-hybridized carbons (Fsp3) is 0.296. The summed E-state index contributed by atoms with van der Waals surface area (Å²) in [7, 11) is 0. The molecule has 1 aliphatic heterocycles. The number of aromatic nitrogens is 4. The number of alkyl halides is 3. The Morgan fingerprint density at radius 2 is 1.92 bits per heavy atom. The van der Waals surface area contributed by atoms with E-state index < -0.39 is 23.7 Å². The number of nitrogens with one attached hydrogen (secondary N) is 1. The minimum atomic E-state index is -4.45. The monoisotopic (exact) mass is 538 g/mol. The minimum absolute atomic E-state index is 0.142. The van der Waals surface area contributed by atoms with Gasteiger partial charge in [-0.3, -0.25) is 14.3 Å². The maximum atomic E-state index is 13.5. The third-order valence-corrected chi connectivity index (χ3v) is 6.69. The van der Waals surface area contributed by atoms with Crippen molar-refractivity contribution in [2.75, 3.05) is 18.1 Å². The zero-order chi connectivity index (χ0) is 28.1. The van der Waals surface area contributed by atoms with Gasteiger partial charge in [0.2, 0.25) is 0 Å². The Kier molecular flexibility index (Phi) is 6.59. The van der Waals surface area contributed by atoms with E-state index >= 15 is 0 Å². The van der Waals surface area contributed by atoms with Crippen molar-refractivity contribution < 1.29 is 27.9 Å². The summed E-state index contributed by atoms with van der Waals surface area (Å²) in [4.78, 5) is 36.4. The van der Waals surface area contributed by atoms with E-state index in [0.717, 1.165) is 17.7 Å². The first kappa shape index (κ1) is 26.3. The molecule has 3 heterocycles. The van der Waals surface area contributed by atoms with E-state index in [1.807, 2.05) is 13.0 Å². The van der Waals surface area contributed by atoms with Crippen LogP contribution in [0.1, 0.15) is 44.6 Å². The number of aliphatic hydroxyl groups excluding tert-OH is 1. The molecule has 2 N–H and O–H groups in total. The van der Waals surface area contributed by atoms with Crippen LogP contribution in [0, 0.1) is 13.8 Å². The smallest absolute Gasteiger partial charge is 0.394 e. The lowest BCUT2D eigenvalue weighted by atomic mass is 10.1. The summed E-state index contributed by atoms with van der Waals surface area (Å²) in [5.74, 6) is -0.400. The van der Waals surface area contributed by atoms with Gasteiger partial charge in [0.1, 0.15) is 5.69 Å². The molecule has 12 heteroatoms. The SMILES string of the molecule is Cc1cc(-c2ncc3cc(C(F)(F)F)ccc3n2)ccc1N1CCn2nc(C(=O)N[C@H](C)CO)c(C)c2C1=O. The first-order chi connectivity index (χ1) is 18.5. The van der Waals surface area contributed by atoms with Gasteiger partial charge in [0.25, 0.3) is 11.8 Å². The van der Waals surface area contributed by atoms with E-state index in [2.05, 4.69) is 20.4 Å². The number of aliphatic hydroxyl groups is 1. The molecule has 0 aliphatic carbocycles. The second kappa shape index (κ2) is 9.77. The first-order valence-electron chi connectivity index (χ1n) is 12.2. The fourth-order valence-electron chi connectivity index (χ4n) is 4.64. The average Bonchev–Trinajstić information content (AvgIpc) is 3.25. The van der Waals surface area contributed by atoms with Crippen molar-refractivity contribution in [3.8, 4) is 11.4 Å². The van der Waals surface area contributed by atoms with Gasteiger partial charge in [-0.05, 0) is 62.7 Å². The molecule has 9 nitrogen and oxygen atoms in total. The number of hydrogen-bond acceptors (Lipinski definition) is 6. The van der Waals surface area contributed by atoms with Crippen molar-refractivity contribution in [1.82, 2.24) is 25.1 Å². The zero-order valence-corrected chi connectivity index (χ0v) is 21.4. The Balaban J connectivity index is 1.42. The van der Waals surface area contributed by atoms with Crippen LogP contribution in [-0.4, -0.2) is 55.9 Å². The van der Waals surface area contributed by atoms with Crippen LogP contribution in [-0.2, 0) is 12.7 Å². The quantitative estimate of drug-likeness (QED) is 0.399. The molecule has 2 amide bonds. The van der Waals surface area contributed by atoms with Gasteiger partial charge in [-0.2, -0.15) is 18.3 Å². The summed E-state index contributed by atoms with van der Waals surface area (Å²) in [6, 6.07) is 8.24. The summed E-state index contributed by atoms with van der Waals surface area (Å²) < 4.78 is 40.6. The Labute approximate surface area is 221 Å². The first-order valence-corrected chi connectivity index (χ1v) is 12.2. The number of fused-ring (bicyclic) bond motifs is 2. The molecule has 39 heavy (non-hydrogen) atoms. The number of carbonyl (C=O) groups is 2. The van der Waals surface area contributed by atoms with Gasteiger partial charge in [0, 0.05) is 41.0 Å². The molecule has 5 rings (SSSR count). The van der Waals surface area contributed by atoms with Crippen molar-refractivity contribution in [2.24, 2.45) is 0 Å². The predicted molar refractivity (Wildman–Crippen MR) is 137 cm³/mol. The topological polar surface area (TPSA) is 113 Å². The number of halogens is 3. The maximum Gasteiger partial charge on any atom is 0.416 e. The average molecular weight is 539 g/mol. The molecule has 0 fully saturated rings. The van der Waals surface area contributed by atoms with E-state index in [1.165, 1.54) is 16.9 Å². The molecule has 0 saturated carbocycles. The van der Waals surface area contributed by atoms with Crippen molar-refractivity contribution >= 4 is 28.4 Å². The van der Waals surface area contributed by atoms with Crippen molar-refractivity contribution in [3.63, 3.8) is 0 Å². The van der Waals surface area contributed by atoms with Crippen LogP contribution in [0.2, 0.25) is 0 Å². The number of benzene rings is 2. The van der Waals surface area contributed by atoms with E-state index in [-0.39, 0.29) is 23.6 Å². The van der Waals surface area contributed by atoms with Gasteiger partial charge in [0.05, 0.1) is 24.2 Å². The summed E-state index contributed by atoms with van der Waals surface area (Å²) in [5.41, 5.74) is 2.65. The lowest BCUT2D eigenvalue weighted by molar-refractivity contribution is -0.137. The molecule has 0 unspecified atom stereocenters. The summed E-state index contributed by atoms with van der Waals surface area (Å²) in [5, 5.41) is 16.5. The van der Waals surface area contributed by atoms with Crippen molar-refractivity contribution in [1.29, 1.82) is 0 Å². The number of aryl methyl sites for hydroxylation is 1. The zero-order valence-electron chi connectivity index (χ0n) is 21.4. The third kappa shape index (κ3) is 4.83. The molecule has 1 atom stereocenters. The van der Waals surface area contributed by atoms with Gasteiger partial charge in [0.15, 0.2) is 11.5 Å². The van der Waals surface area contributed by atoms with Crippen LogP contribution >= 0.6 is 0 Å². The van der Waals surface area contributed by atoms with E-state index in [9.17, 15) is 27.9 Å². The summed E-state index contributed by atoms with van der Waals surface area (Å²) in [6.45, 7) is 5.69. The molecule has 0 bridgehead atoms. The number of anilines is 1. The number of amides is 2. The highest BCUT2D eigenvalue weighted by Gasteiger charge is 2.33. The van der Waals surface area contributed by atoms with Gasteiger partial charge in [-0.25, -0.2) is 9.97 Å². The molecule has 2 aromatic heterocycles. The molecule has 1 aliphatic rings. The predicted octanol–water partition coefficient (Wildman–Crippen LogP) is 3.90. The second-order valence-electron chi connectivity index (χ2n) is 9.53.